The van der Waals surface area contributed by atoms with Crippen molar-refractivity contribution in [1.29, 1.82) is 0 Å². The summed E-state index contributed by atoms with van der Waals surface area (Å²) in [5, 5.41) is 6.80. The van der Waals surface area contributed by atoms with Crippen molar-refractivity contribution in [2.75, 3.05) is 10.6 Å². The first-order valence-electron chi connectivity index (χ1n) is 7.78. The van der Waals surface area contributed by atoms with E-state index in [1.54, 1.807) is 19.1 Å². The fourth-order valence-corrected chi connectivity index (χ4v) is 2.45. The largest absolute Gasteiger partial charge is 0.332 e. The molecule has 2 aromatic rings. The summed E-state index contributed by atoms with van der Waals surface area (Å²) in [6.07, 6.45) is 1.13. The molecule has 0 heterocycles. The maximum Gasteiger partial charge on any atom is 0.175 e. The van der Waals surface area contributed by atoms with Crippen molar-refractivity contribution in [3.63, 3.8) is 0 Å². The topological polar surface area (TPSA) is 41.1 Å². The molecule has 23 heavy (non-hydrogen) atoms. The zero-order valence-electron chi connectivity index (χ0n) is 13.7. The summed E-state index contributed by atoms with van der Waals surface area (Å²) in [6.45, 7) is 5.96. The second-order valence-electron chi connectivity index (χ2n) is 5.64. The van der Waals surface area contributed by atoms with Gasteiger partial charge in [0.15, 0.2) is 10.9 Å². The van der Waals surface area contributed by atoms with Gasteiger partial charge in [0.05, 0.1) is 0 Å². The highest BCUT2D eigenvalue weighted by Gasteiger charge is 2.04. The molecule has 0 aliphatic carbocycles. The van der Waals surface area contributed by atoms with Gasteiger partial charge in [0.2, 0.25) is 0 Å². The van der Waals surface area contributed by atoms with Crippen LogP contribution >= 0.6 is 12.2 Å². The molecule has 1 atom stereocenters. The lowest BCUT2D eigenvalue weighted by molar-refractivity contribution is 0.101. The van der Waals surface area contributed by atoms with E-state index < -0.39 is 0 Å². The first-order valence-corrected chi connectivity index (χ1v) is 8.19. The van der Waals surface area contributed by atoms with E-state index in [4.69, 9.17) is 12.2 Å². The van der Waals surface area contributed by atoms with E-state index in [2.05, 4.69) is 36.6 Å². The van der Waals surface area contributed by atoms with Gasteiger partial charge in [0.1, 0.15) is 0 Å². The second-order valence-corrected chi connectivity index (χ2v) is 6.05. The van der Waals surface area contributed by atoms with Gasteiger partial charge in [-0.2, -0.15) is 0 Å². The van der Waals surface area contributed by atoms with Crippen molar-refractivity contribution in [3.8, 4) is 0 Å². The van der Waals surface area contributed by atoms with E-state index in [-0.39, 0.29) is 5.78 Å². The van der Waals surface area contributed by atoms with Crippen LogP contribution in [0.3, 0.4) is 0 Å². The van der Waals surface area contributed by atoms with Crippen molar-refractivity contribution < 1.29 is 4.79 Å². The fourth-order valence-electron chi connectivity index (χ4n) is 2.21. The summed E-state index contributed by atoms with van der Waals surface area (Å²) in [5.41, 5.74) is 3.82. The van der Waals surface area contributed by atoms with Gasteiger partial charge in [-0.25, -0.2) is 0 Å². The van der Waals surface area contributed by atoms with Crippen LogP contribution in [0.15, 0.2) is 48.5 Å². The molecule has 2 aromatic carbocycles. The number of rotatable bonds is 5. The maximum atomic E-state index is 11.3. The van der Waals surface area contributed by atoms with Gasteiger partial charge in [-0.05, 0) is 73.4 Å². The van der Waals surface area contributed by atoms with Crippen molar-refractivity contribution in [1.82, 2.24) is 0 Å². The number of hydrogen-bond donors (Lipinski definition) is 2. The molecule has 1 unspecified atom stereocenters. The van der Waals surface area contributed by atoms with E-state index in [1.807, 2.05) is 24.3 Å². The second kappa shape index (κ2) is 7.88. The predicted molar refractivity (Wildman–Crippen MR) is 101 cm³/mol. The van der Waals surface area contributed by atoms with Crippen LogP contribution in [0, 0.1) is 0 Å². The number of anilines is 2. The Kier molecular flexibility index (Phi) is 5.88. The van der Waals surface area contributed by atoms with E-state index in [9.17, 15) is 4.79 Å². The standard InChI is InChI=1S/C19H22N2OS/c1-4-13(2)15-5-9-17(10-6-15)20-19(23)21-18-11-7-16(8-12-18)14(3)22/h5-13H,4H2,1-3H3,(H2,20,21,23). The van der Waals surface area contributed by atoms with Crippen molar-refractivity contribution in [3.05, 3.63) is 59.7 Å². The molecule has 120 valence electrons. The Hall–Kier alpha value is -2.20. The van der Waals surface area contributed by atoms with E-state index in [0.29, 0.717) is 16.6 Å². The summed E-state index contributed by atoms with van der Waals surface area (Å²) in [6, 6.07) is 15.6. The summed E-state index contributed by atoms with van der Waals surface area (Å²) in [7, 11) is 0. The van der Waals surface area contributed by atoms with Crippen LogP contribution in [0.25, 0.3) is 0 Å². The highest BCUT2D eigenvalue weighted by atomic mass is 32.1. The Morgan fingerprint density at radius 3 is 1.91 bits per heavy atom. The molecule has 2 rings (SSSR count). The molecule has 0 saturated heterocycles. The van der Waals surface area contributed by atoms with Gasteiger partial charge in [-0.3, -0.25) is 4.79 Å². The molecule has 0 radical (unpaired) electrons. The number of carbonyl (C=O) groups is 1. The van der Waals surface area contributed by atoms with E-state index >= 15 is 0 Å². The Balaban J connectivity index is 1.95. The molecule has 0 fully saturated rings. The molecule has 4 heteroatoms. The van der Waals surface area contributed by atoms with E-state index in [1.165, 1.54) is 5.56 Å². The lowest BCUT2D eigenvalue weighted by Crippen LogP contribution is -2.19. The van der Waals surface area contributed by atoms with Crippen LogP contribution < -0.4 is 10.6 Å². The quantitative estimate of drug-likeness (QED) is 0.584. The third-order valence-electron chi connectivity index (χ3n) is 3.90. The van der Waals surface area contributed by atoms with Crippen LogP contribution in [0.1, 0.15) is 49.0 Å². The van der Waals surface area contributed by atoms with Gasteiger partial charge in [0.25, 0.3) is 0 Å². The van der Waals surface area contributed by atoms with Crippen molar-refractivity contribution in [2.24, 2.45) is 0 Å². The van der Waals surface area contributed by atoms with Crippen LogP contribution in [0.2, 0.25) is 0 Å². The lowest BCUT2D eigenvalue weighted by atomic mass is 9.99. The minimum absolute atomic E-state index is 0.0543. The molecule has 0 aliphatic heterocycles. The number of hydrogen-bond acceptors (Lipinski definition) is 2. The van der Waals surface area contributed by atoms with Gasteiger partial charge in [0, 0.05) is 16.9 Å². The molecule has 2 N–H and O–H groups in total. The number of carbonyl (C=O) groups excluding carboxylic acids is 1. The average molecular weight is 326 g/mol. The maximum absolute atomic E-state index is 11.3. The molecule has 0 aliphatic rings. The zero-order chi connectivity index (χ0) is 16.8. The van der Waals surface area contributed by atoms with Crippen LogP contribution in [0.4, 0.5) is 11.4 Å². The highest BCUT2D eigenvalue weighted by molar-refractivity contribution is 7.80. The number of benzene rings is 2. The molecule has 0 aromatic heterocycles. The third kappa shape index (κ3) is 4.89. The number of nitrogens with one attached hydrogen (secondary N) is 2. The van der Waals surface area contributed by atoms with Crippen LogP contribution in [-0.2, 0) is 0 Å². The first-order chi connectivity index (χ1) is 11.0. The zero-order valence-corrected chi connectivity index (χ0v) is 14.5. The molecular weight excluding hydrogens is 304 g/mol. The van der Waals surface area contributed by atoms with Crippen LogP contribution in [-0.4, -0.2) is 10.9 Å². The van der Waals surface area contributed by atoms with Crippen molar-refractivity contribution >= 4 is 34.5 Å². The Morgan fingerprint density at radius 1 is 1.00 bits per heavy atom. The third-order valence-corrected chi connectivity index (χ3v) is 4.10. The van der Waals surface area contributed by atoms with Gasteiger partial charge in [-0.1, -0.05) is 26.0 Å². The Bertz CT molecular complexity index is 678. The van der Waals surface area contributed by atoms with E-state index in [0.717, 1.165) is 17.8 Å². The Morgan fingerprint density at radius 2 is 1.48 bits per heavy atom. The molecule has 0 amide bonds. The molecule has 0 spiro atoms. The number of thiocarbonyl (C=S) groups is 1. The van der Waals surface area contributed by atoms with Crippen molar-refractivity contribution in [2.45, 2.75) is 33.1 Å². The minimum Gasteiger partial charge on any atom is -0.332 e. The van der Waals surface area contributed by atoms with Crippen LogP contribution in [0.5, 0.6) is 0 Å². The molecule has 0 saturated carbocycles. The predicted octanol–water partition coefficient (Wildman–Crippen LogP) is 5.21. The lowest BCUT2D eigenvalue weighted by Gasteiger charge is -2.13. The first kappa shape index (κ1) is 17.2. The van der Waals surface area contributed by atoms with Gasteiger partial charge in [-0.15, -0.1) is 0 Å². The fraction of sp³-hybridized carbons (Fsp3) is 0.263. The highest BCUT2D eigenvalue weighted by Crippen LogP contribution is 2.20. The molecule has 0 bridgehead atoms. The summed E-state index contributed by atoms with van der Waals surface area (Å²) < 4.78 is 0. The summed E-state index contributed by atoms with van der Waals surface area (Å²) in [4.78, 5) is 11.3. The minimum atomic E-state index is 0.0543. The van der Waals surface area contributed by atoms with Gasteiger partial charge < -0.3 is 10.6 Å². The normalized spacial score (nSPS) is 11.6. The van der Waals surface area contributed by atoms with Gasteiger partial charge >= 0.3 is 0 Å². The average Bonchev–Trinajstić information content (AvgIpc) is 2.55. The smallest absolute Gasteiger partial charge is 0.175 e. The number of Topliss-reactive ketones (excluding diaryl/α,β-unsaturated/α-hetero) is 1. The Labute approximate surface area is 143 Å². The molecule has 3 nitrogen and oxygen atoms in total. The monoisotopic (exact) mass is 326 g/mol. The molecular formula is C19H22N2OS. The summed E-state index contributed by atoms with van der Waals surface area (Å²) in [5.74, 6) is 0.618. The SMILES string of the molecule is CCC(C)c1ccc(NC(=S)Nc2ccc(C(C)=O)cc2)cc1. The number of ketones is 1. The summed E-state index contributed by atoms with van der Waals surface area (Å²) >= 11 is 5.32.